The Bertz CT molecular complexity index is 324. The van der Waals surface area contributed by atoms with Crippen molar-refractivity contribution in [3.05, 3.63) is 21.9 Å². The maximum Gasteiger partial charge on any atom is 0.169 e. The second kappa shape index (κ2) is 5.02. The third-order valence-electron chi connectivity index (χ3n) is 1.79. The zero-order valence-corrected chi connectivity index (χ0v) is 10.0. The fourth-order valence-electron chi connectivity index (χ4n) is 0.975. The second-order valence-electron chi connectivity index (χ2n) is 2.92. The summed E-state index contributed by atoms with van der Waals surface area (Å²) in [6, 6.07) is 3.32. The normalized spacial score (nSPS) is 15.1. The van der Waals surface area contributed by atoms with Crippen molar-refractivity contribution in [3.63, 3.8) is 0 Å². The van der Waals surface area contributed by atoms with Crippen LogP contribution >= 0.6 is 27.3 Å². The van der Waals surface area contributed by atoms with Gasteiger partial charge >= 0.3 is 0 Å². The van der Waals surface area contributed by atoms with Crippen LogP contribution in [0.4, 0.5) is 0 Å². The highest BCUT2D eigenvalue weighted by Gasteiger charge is 2.19. The van der Waals surface area contributed by atoms with E-state index < -0.39 is 12.2 Å². The molecule has 3 nitrogen and oxygen atoms in total. The third-order valence-corrected chi connectivity index (χ3v) is 3.71. The average molecular weight is 279 g/mol. The zero-order valence-electron chi connectivity index (χ0n) is 7.61. The summed E-state index contributed by atoms with van der Waals surface area (Å²) >= 11 is 4.29. The standard InChI is InChI=1S/C9H11BrO3S/c1-5(11)7-2-3-8(14-7)9(13)6(12)4-10/h2-3,6,9,12-13H,4H2,1H3. The molecule has 1 aromatic heterocycles. The Labute approximate surface area is 94.5 Å². The van der Waals surface area contributed by atoms with Crippen LogP contribution < -0.4 is 0 Å². The maximum atomic E-state index is 11.0. The van der Waals surface area contributed by atoms with Gasteiger partial charge in [0.25, 0.3) is 0 Å². The van der Waals surface area contributed by atoms with E-state index >= 15 is 0 Å². The number of rotatable bonds is 4. The van der Waals surface area contributed by atoms with Crippen molar-refractivity contribution in [1.82, 2.24) is 0 Å². The number of hydrogen-bond acceptors (Lipinski definition) is 4. The number of aliphatic hydroxyl groups excluding tert-OH is 2. The number of carbonyl (C=O) groups excluding carboxylic acids is 1. The first-order valence-electron chi connectivity index (χ1n) is 4.09. The summed E-state index contributed by atoms with van der Waals surface area (Å²) < 4.78 is 0. The molecule has 0 amide bonds. The number of hydrogen-bond donors (Lipinski definition) is 2. The fraction of sp³-hybridized carbons (Fsp3) is 0.444. The molecule has 0 aromatic carbocycles. The van der Waals surface area contributed by atoms with Crippen LogP contribution in [0.2, 0.25) is 0 Å². The summed E-state index contributed by atoms with van der Waals surface area (Å²) in [6.07, 6.45) is -1.76. The Hall–Kier alpha value is -0.230. The van der Waals surface area contributed by atoms with Crippen LogP contribution in [-0.2, 0) is 0 Å². The first-order chi connectivity index (χ1) is 6.56. The van der Waals surface area contributed by atoms with E-state index in [9.17, 15) is 15.0 Å². The molecule has 78 valence electrons. The predicted octanol–water partition coefficient (Wildman–Crippen LogP) is 1.74. The van der Waals surface area contributed by atoms with Gasteiger partial charge in [-0.1, -0.05) is 15.9 Å². The molecule has 0 fully saturated rings. The van der Waals surface area contributed by atoms with E-state index in [1.165, 1.54) is 18.3 Å². The molecule has 2 unspecified atom stereocenters. The van der Waals surface area contributed by atoms with Gasteiger partial charge in [-0.05, 0) is 19.1 Å². The molecule has 0 spiro atoms. The van der Waals surface area contributed by atoms with Crippen molar-refractivity contribution >= 4 is 33.0 Å². The lowest BCUT2D eigenvalue weighted by Gasteiger charge is -2.13. The minimum absolute atomic E-state index is 0.0261. The highest BCUT2D eigenvalue weighted by molar-refractivity contribution is 9.09. The van der Waals surface area contributed by atoms with E-state index in [1.807, 2.05) is 0 Å². The molecule has 2 atom stereocenters. The average Bonchev–Trinajstić information content (AvgIpc) is 2.64. The lowest BCUT2D eigenvalue weighted by atomic mass is 10.2. The van der Waals surface area contributed by atoms with Crippen molar-refractivity contribution in [2.24, 2.45) is 0 Å². The molecule has 0 radical (unpaired) electrons. The number of ketones is 1. The third kappa shape index (κ3) is 2.63. The molecular formula is C9H11BrO3S. The Morgan fingerprint density at radius 3 is 2.64 bits per heavy atom. The van der Waals surface area contributed by atoms with E-state index in [4.69, 9.17) is 0 Å². The minimum atomic E-state index is -0.924. The van der Waals surface area contributed by atoms with Crippen LogP contribution in [0.3, 0.4) is 0 Å². The Morgan fingerprint density at radius 1 is 1.57 bits per heavy atom. The Balaban J connectivity index is 2.81. The van der Waals surface area contributed by atoms with Crippen LogP contribution in [0.1, 0.15) is 27.6 Å². The van der Waals surface area contributed by atoms with Crippen LogP contribution in [0.25, 0.3) is 0 Å². The van der Waals surface area contributed by atoms with E-state index in [1.54, 1.807) is 12.1 Å². The molecule has 14 heavy (non-hydrogen) atoms. The van der Waals surface area contributed by atoms with E-state index in [0.717, 1.165) is 0 Å². The summed E-state index contributed by atoms with van der Waals surface area (Å²) in [5.41, 5.74) is 0. The van der Waals surface area contributed by atoms with Crippen molar-refractivity contribution < 1.29 is 15.0 Å². The van der Waals surface area contributed by atoms with Gasteiger partial charge in [0.2, 0.25) is 0 Å². The molecule has 0 aliphatic heterocycles. The summed E-state index contributed by atoms with van der Waals surface area (Å²) in [6.45, 7) is 1.48. The molecule has 1 aromatic rings. The lowest BCUT2D eigenvalue weighted by Crippen LogP contribution is -2.18. The van der Waals surface area contributed by atoms with Crippen LogP contribution in [-0.4, -0.2) is 27.4 Å². The topological polar surface area (TPSA) is 57.5 Å². The van der Waals surface area contributed by atoms with Gasteiger partial charge in [0, 0.05) is 10.2 Å². The molecule has 1 heterocycles. The van der Waals surface area contributed by atoms with Gasteiger partial charge in [-0.15, -0.1) is 11.3 Å². The van der Waals surface area contributed by atoms with Crippen LogP contribution in [0.15, 0.2) is 12.1 Å². The van der Waals surface area contributed by atoms with E-state index in [0.29, 0.717) is 15.1 Å². The van der Waals surface area contributed by atoms with Crippen molar-refractivity contribution in [2.75, 3.05) is 5.33 Å². The van der Waals surface area contributed by atoms with E-state index in [-0.39, 0.29) is 5.78 Å². The molecule has 0 aliphatic rings. The number of halogens is 1. The van der Waals surface area contributed by atoms with Crippen LogP contribution in [0.5, 0.6) is 0 Å². The number of carbonyl (C=O) groups is 1. The molecule has 0 saturated carbocycles. The van der Waals surface area contributed by atoms with Gasteiger partial charge in [0.1, 0.15) is 6.10 Å². The quantitative estimate of drug-likeness (QED) is 0.652. The highest BCUT2D eigenvalue weighted by atomic mass is 79.9. The SMILES string of the molecule is CC(=O)c1ccc(C(O)C(O)CBr)s1. The van der Waals surface area contributed by atoms with Gasteiger partial charge < -0.3 is 10.2 Å². The number of thiophene rings is 1. The molecule has 2 N–H and O–H groups in total. The van der Waals surface area contributed by atoms with Crippen LogP contribution in [0, 0.1) is 0 Å². The number of Topliss-reactive ketones (excluding diaryl/α,β-unsaturated/α-hetero) is 1. The highest BCUT2D eigenvalue weighted by Crippen LogP contribution is 2.26. The van der Waals surface area contributed by atoms with Gasteiger partial charge in [0.05, 0.1) is 11.0 Å². The van der Waals surface area contributed by atoms with Gasteiger partial charge in [-0.25, -0.2) is 0 Å². The summed E-state index contributed by atoms with van der Waals surface area (Å²) in [7, 11) is 0. The maximum absolute atomic E-state index is 11.0. The van der Waals surface area contributed by atoms with Gasteiger partial charge in [0.15, 0.2) is 5.78 Å². The van der Waals surface area contributed by atoms with Crippen molar-refractivity contribution in [2.45, 2.75) is 19.1 Å². The fourth-order valence-corrected chi connectivity index (χ4v) is 2.28. The Morgan fingerprint density at radius 2 is 2.21 bits per heavy atom. The molecule has 0 bridgehead atoms. The first kappa shape index (κ1) is 11.8. The first-order valence-corrected chi connectivity index (χ1v) is 6.02. The zero-order chi connectivity index (χ0) is 10.7. The predicted molar refractivity (Wildman–Crippen MR) is 59.1 cm³/mol. The lowest BCUT2D eigenvalue weighted by molar-refractivity contribution is 0.0366. The summed E-state index contributed by atoms with van der Waals surface area (Å²) in [4.78, 5) is 12.2. The molecule has 0 saturated heterocycles. The van der Waals surface area contributed by atoms with Crippen molar-refractivity contribution in [3.8, 4) is 0 Å². The molecular weight excluding hydrogens is 268 g/mol. The molecule has 1 rings (SSSR count). The second-order valence-corrected chi connectivity index (χ2v) is 4.69. The smallest absolute Gasteiger partial charge is 0.169 e. The Kier molecular flexibility index (Phi) is 4.25. The van der Waals surface area contributed by atoms with Gasteiger partial charge in [-0.2, -0.15) is 0 Å². The minimum Gasteiger partial charge on any atom is -0.389 e. The molecule has 5 heteroatoms. The molecule has 0 aliphatic carbocycles. The number of alkyl halides is 1. The van der Waals surface area contributed by atoms with Gasteiger partial charge in [-0.3, -0.25) is 4.79 Å². The summed E-state index contributed by atoms with van der Waals surface area (Å²) in [5.74, 6) is -0.0261. The largest absolute Gasteiger partial charge is 0.389 e. The summed E-state index contributed by atoms with van der Waals surface area (Å²) in [5, 5.41) is 19.3. The monoisotopic (exact) mass is 278 g/mol. The number of aliphatic hydroxyl groups is 2. The van der Waals surface area contributed by atoms with E-state index in [2.05, 4.69) is 15.9 Å². The van der Waals surface area contributed by atoms with Crippen molar-refractivity contribution in [1.29, 1.82) is 0 Å².